The zero-order chi connectivity index (χ0) is 14.5. The molecular formula is C18H15NOS. The molecule has 0 aliphatic heterocycles. The molecule has 0 N–H and O–H groups in total. The number of benzene rings is 2. The summed E-state index contributed by atoms with van der Waals surface area (Å²) in [4.78, 5) is 4.32. The Kier molecular flexibility index (Phi) is 4.12. The van der Waals surface area contributed by atoms with Crippen LogP contribution in [0.3, 0.4) is 0 Å². The molecule has 21 heavy (non-hydrogen) atoms. The second-order valence-electron chi connectivity index (χ2n) is 4.57. The molecule has 0 spiro atoms. The van der Waals surface area contributed by atoms with Crippen molar-refractivity contribution in [3.63, 3.8) is 0 Å². The highest BCUT2D eigenvalue weighted by Crippen LogP contribution is 2.22. The van der Waals surface area contributed by atoms with E-state index in [1.807, 2.05) is 29.8 Å². The fourth-order valence-corrected chi connectivity index (χ4v) is 2.68. The van der Waals surface area contributed by atoms with Gasteiger partial charge < -0.3 is 4.74 Å². The minimum atomic E-state index is 0.872. The molecular weight excluding hydrogens is 278 g/mol. The van der Waals surface area contributed by atoms with Gasteiger partial charge in [0.15, 0.2) is 0 Å². The molecule has 0 saturated heterocycles. The quantitative estimate of drug-likeness (QED) is 0.632. The number of thiazole rings is 1. The summed E-state index contributed by atoms with van der Waals surface area (Å²) < 4.78 is 5.22. The van der Waals surface area contributed by atoms with Crippen molar-refractivity contribution in [3.8, 4) is 16.3 Å². The lowest BCUT2D eigenvalue weighted by molar-refractivity contribution is 0.414. The van der Waals surface area contributed by atoms with Crippen LogP contribution in [0.15, 0.2) is 60.1 Å². The largest absolute Gasteiger partial charge is 0.497 e. The Bertz CT molecular complexity index is 730. The molecule has 0 saturated carbocycles. The zero-order valence-corrected chi connectivity index (χ0v) is 12.5. The molecule has 3 heteroatoms. The van der Waals surface area contributed by atoms with E-state index in [0.29, 0.717) is 0 Å². The summed E-state index contributed by atoms with van der Waals surface area (Å²) in [5, 5.41) is 3.05. The summed E-state index contributed by atoms with van der Waals surface area (Å²) >= 11 is 1.65. The lowest BCUT2D eigenvalue weighted by atomic mass is 10.1. The summed E-state index contributed by atoms with van der Waals surface area (Å²) in [6, 6.07) is 16.4. The van der Waals surface area contributed by atoms with Crippen LogP contribution < -0.4 is 4.74 Å². The van der Waals surface area contributed by atoms with Gasteiger partial charge in [-0.1, -0.05) is 48.6 Å². The summed E-state index contributed by atoms with van der Waals surface area (Å²) in [6.45, 7) is 0. The molecule has 1 aromatic heterocycles. The van der Waals surface area contributed by atoms with E-state index in [1.165, 1.54) is 0 Å². The van der Waals surface area contributed by atoms with Crippen molar-refractivity contribution in [2.75, 3.05) is 7.11 Å². The van der Waals surface area contributed by atoms with Gasteiger partial charge in [-0.3, -0.25) is 0 Å². The van der Waals surface area contributed by atoms with Gasteiger partial charge in [0.05, 0.1) is 7.11 Å². The predicted molar refractivity (Wildman–Crippen MR) is 89.5 cm³/mol. The third kappa shape index (κ3) is 3.38. The van der Waals surface area contributed by atoms with E-state index in [2.05, 4.69) is 47.5 Å². The fourth-order valence-electron chi connectivity index (χ4n) is 2.04. The smallest absolute Gasteiger partial charge is 0.123 e. The molecule has 1 heterocycles. The summed E-state index contributed by atoms with van der Waals surface area (Å²) in [5.41, 5.74) is 3.44. The van der Waals surface area contributed by atoms with Crippen molar-refractivity contribution >= 4 is 23.5 Å². The number of ether oxygens (including phenoxy) is 1. The Balaban J connectivity index is 1.77. The molecule has 104 valence electrons. The minimum Gasteiger partial charge on any atom is -0.497 e. The zero-order valence-electron chi connectivity index (χ0n) is 11.7. The van der Waals surface area contributed by atoms with Crippen molar-refractivity contribution in [1.29, 1.82) is 0 Å². The van der Waals surface area contributed by atoms with E-state index in [4.69, 9.17) is 4.74 Å². The Morgan fingerprint density at radius 1 is 1.00 bits per heavy atom. The number of aromatic nitrogens is 1. The first-order chi connectivity index (χ1) is 10.3. The molecule has 3 aromatic rings. The van der Waals surface area contributed by atoms with E-state index in [0.717, 1.165) is 27.4 Å². The monoisotopic (exact) mass is 293 g/mol. The van der Waals surface area contributed by atoms with Crippen LogP contribution in [-0.2, 0) is 0 Å². The highest BCUT2D eigenvalue weighted by Gasteiger charge is 1.99. The van der Waals surface area contributed by atoms with Crippen LogP contribution in [0.5, 0.6) is 5.75 Å². The van der Waals surface area contributed by atoms with E-state index >= 15 is 0 Å². The number of hydrogen-bond donors (Lipinski definition) is 0. The van der Waals surface area contributed by atoms with Gasteiger partial charge >= 0.3 is 0 Å². The molecule has 0 unspecified atom stereocenters. The van der Waals surface area contributed by atoms with E-state index in [1.54, 1.807) is 18.4 Å². The van der Waals surface area contributed by atoms with Crippen LogP contribution in [0.1, 0.15) is 11.1 Å². The first-order valence-corrected chi connectivity index (χ1v) is 7.55. The first kappa shape index (κ1) is 13.6. The molecule has 0 bridgehead atoms. The lowest BCUT2D eigenvalue weighted by Crippen LogP contribution is -1.82. The second-order valence-corrected chi connectivity index (χ2v) is 5.46. The molecule has 3 rings (SSSR count). The molecule has 0 aliphatic carbocycles. The van der Waals surface area contributed by atoms with Crippen LogP contribution in [-0.4, -0.2) is 12.1 Å². The average molecular weight is 293 g/mol. The van der Waals surface area contributed by atoms with Crippen molar-refractivity contribution in [3.05, 3.63) is 71.2 Å². The third-order valence-electron chi connectivity index (χ3n) is 3.15. The molecule has 0 radical (unpaired) electrons. The Labute approximate surface area is 128 Å². The van der Waals surface area contributed by atoms with Crippen LogP contribution >= 0.6 is 11.3 Å². The molecule has 2 aromatic carbocycles. The first-order valence-electron chi connectivity index (χ1n) is 6.67. The van der Waals surface area contributed by atoms with Crippen molar-refractivity contribution in [1.82, 2.24) is 4.98 Å². The van der Waals surface area contributed by atoms with Gasteiger partial charge in [0.25, 0.3) is 0 Å². The van der Waals surface area contributed by atoms with Crippen LogP contribution in [0, 0.1) is 0 Å². The Morgan fingerprint density at radius 2 is 1.81 bits per heavy atom. The van der Waals surface area contributed by atoms with Crippen LogP contribution in [0.25, 0.3) is 22.7 Å². The lowest BCUT2D eigenvalue weighted by Gasteiger charge is -2.00. The normalized spacial score (nSPS) is 10.9. The third-order valence-corrected chi connectivity index (χ3v) is 3.97. The van der Waals surface area contributed by atoms with Gasteiger partial charge in [-0.15, -0.1) is 11.3 Å². The van der Waals surface area contributed by atoms with Crippen LogP contribution in [0.4, 0.5) is 0 Å². The van der Waals surface area contributed by atoms with Gasteiger partial charge in [0.1, 0.15) is 10.8 Å². The standard InChI is InChI=1S/C18H15NOS/c1-20-17-4-2-3-15(13-17)6-5-14-7-9-16(10-8-14)18-19-11-12-21-18/h2-13H,1H3. The van der Waals surface area contributed by atoms with E-state index in [9.17, 15) is 0 Å². The van der Waals surface area contributed by atoms with Crippen molar-refractivity contribution in [2.45, 2.75) is 0 Å². The Hall–Kier alpha value is -2.39. The number of methoxy groups -OCH3 is 1. The maximum atomic E-state index is 5.22. The van der Waals surface area contributed by atoms with Gasteiger partial charge in [0, 0.05) is 17.1 Å². The van der Waals surface area contributed by atoms with Gasteiger partial charge in [-0.2, -0.15) is 0 Å². The second kappa shape index (κ2) is 6.37. The summed E-state index contributed by atoms with van der Waals surface area (Å²) in [6.07, 6.45) is 6.01. The number of rotatable bonds is 4. The maximum absolute atomic E-state index is 5.22. The highest BCUT2D eigenvalue weighted by atomic mass is 32.1. The molecule has 0 atom stereocenters. The van der Waals surface area contributed by atoms with Crippen molar-refractivity contribution < 1.29 is 4.74 Å². The van der Waals surface area contributed by atoms with E-state index < -0.39 is 0 Å². The van der Waals surface area contributed by atoms with Gasteiger partial charge in [-0.25, -0.2) is 4.98 Å². The Morgan fingerprint density at radius 3 is 2.52 bits per heavy atom. The summed E-state index contributed by atoms with van der Waals surface area (Å²) in [5.74, 6) is 0.872. The predicted octanol–water partition coefficient (Wildman–Crippen LogP) is 4.99. The number of nitrogens with zero attached hydrogens (tertiary/aromatic N) is 1. The SMILES string of the molecule is COc1cccc(C=Cc2ccc(-c3nccs3)cc2)c1. The molecule has 0 fully saturated rings. The van der Waals surface area contributed by atoms with Crippen LogP contribution in [0.2, 0.25) is 0 Å². The fraction of sp³-hybridized carbons (Fsp3) is 0.0556. The average Bonchev–Trinajstić information content (AvgIpc) is 3.08. The molecule has 0 aliphatic rings. The minimum absolute atomic E-state index is 0.872. The number of hydrogen-bond acceptors (Lipinski definition) is 3. The topological polar surface area (TPSA) is 22.1 Å². The molecule has 2 nitrogen and oxygen atoms in total. The molecule has 0 amide bonds. The van der Waals surface area contributed by atoms with Gasteiger partial charge in [-0.05, 0) is 23.3 Å². The van der Waals surface area contributed by atoms with E-state index in [-0.39, 0.29) is 0 Å². The highest BCUT2D eigenvalue weighted by molar-refractivity contribution is 7.13. The maximum Gasteiger partial charge on any atom is 0.123 e. The summed E-state index contributed by atoms with van der Waals surface area (Å²) in [7, 11) is 1.68. The van der Waals surface area contributed by atoms with Crippen molar-refractivity contribution in [2.24, 2.45) is 0 Å². The van der Waals surface area contributed by atoms with Gasteiger partial charge in [0.2, 0.25) is 0 Å².